The molecule has 5 rings (SSSR count). The fourth-order valence-corrected chi connectivity index (χ4v) is 5.09. The second-order valence-electron chi connectivity index (χ2n) is 8.13. The molecule has 0 unspecified atom stereocenters. The fourth-order valence-electron chi connectivity index (χ4n) is 4.18. The lowest BCUT2D eigenvalue weighted by atomic mass is 10.1. The molecule has 2 aromatic carbocycles. The van der Waals surface area contributed by atoms with Gasteiger partial charge in [0.15, 0.2) is 0 Å². The highest BCUT2D eigenvalue weighted by atomic mass is 32.1. The predicted molar refractivity (Wildman–Crippen MR) is 131 cm³/mol. The molecule has 32 heavy (non-hydrogen) atoms. The summed E-state index contributed by atoms with van der Waals surface area (Å²) < 4.78 is 1.39. The third-order valence-corrected chi connectivity index (χ3v) is 6.75. The van der Waals surface area contributed by atoms with Crippen molar-refractivity contribution in [3.05, 3.63) is 76.2 Å². The maximum absolute atomic E-state index is 13.3. The SMILES string of the molecule is Cc1ccc(-c2csc3ncn(CC(=O)Nc4ccccc4N4CCCC4)c(=O)c23)cc1. The molecule has 0 radical (unpaired) electrons. The molecule has 1 aliphatic heterocycles. The lowest BCUT2D eigenvalue weighted by Gasteiger charge is -2.21. The highest BCUT2D eigenvalue weighted by molar-refractivity contribution is 7.17. The van der Waals surface area contributed by atoms with Gasteiger partial charge in [0.1, 0.15) is 11.4 Å². The van der Waals surface area contributed by atoms with Gasteiger partial charge in [-0.1, -0.05) is 42.0 Å². The number of hydrogen-bond donors (Lipinski definition) is 1. The Bertz CT molecular complexity index is 1330. The van der Waals surface area contributed by atoms with Crippen molar-refractivity contribution in [3.8, 4) is 11.1 Å². The first kappa shape index (κ1) is 20.5. The standard InChI is InChI=1S/C25H24N4O2S/c1-17-8-10-18(11-9-17)19-15-32-24-23(19)25(31)29(16-26-24)14-22(30)27-20-6-2-3-7-21(20)28-12-4-5-13-28/h2-3,6-11,15-16H,4-5,12-14H2,1H3,(H,27,30). The van der Waals surface area contributed by atoms with E-state index in [4.69, 9.17) is 0 Å². The van der Waals surface area contributed by atoms with Crippen LogP contribution in [0.15, 0.2) is 65.0 Å². The number of fused-ring (bicyclic) bond motifs is 1. The third kappa shape index (κ3) is 3.91. The molecule has 162 valence electrons. The zero-order valence-corrected chi connectivity index (χ0v) is 18.7. The number of para-hydroxylation sites is 2. The van der Waals surface area contributed by atoms with Crippen molar-refractivity contribution in [2.24, 2.45) is 0 Å². The second-order valence-corrected chi connectivity index (χ2v) is 8.99. The van der Waals surface area contributed by atoms with Crippen LogP contribution in [-0.4, -0.2) is 28.5 Å². The van der Waals surface area contributed by atoms with Gasteiger partial charge in [0, 0.05) is 24.0 Å². The zero-order valence-electron chi connectivity index (χ0n) is 17.9. The van der Waals surface area contributed by atoms with E-state index in [0.29, 0.717) is 10.2 Å². The summed E-state index contributed by atoms with van der Waals surface area (Å²) in [4.78, 5) is 33.5. The molecule has 1 saturated heterocycles. The van der Waals surface area contributed by atoms with Crippen LogP contribution in [0.1, 0.15) is 18.4 Å². The largest absolute Gasteiger partial charge is 0.370 e. The molecule has 1 fully saturated rings. The number of nitrogens with one attached hydrogen (secondary N) is 1. The van der Waals surface area contributed by atoms with Gasteiger partial charge in [0.25, 0.3) is 5.56 Å². The van der Waals surface area contributed by atoms with E-state index in [1.165, 1.54) is 22.2 Å². The molecule has 1 N–H and O–H groups in total. The summed E-state index contributed by atoms with van der Waals surface area (Å²) in [5.41, 5.74) is 4.60. The molecule has 0 spiro atoms. The Labute approximate surface area is 190 Å². The number of rotatable bonds is 5. The van der Waals surface area contributed by atoms with Crippen molar-refractivity contribution in [2.45, 2.75) is 26.3 Å². The summed E-state index contributed by atoms with van der Waals surface area (Å²) in [7, 11) is 0. The topological polar surface area (TPSA) is 67.2 Å². The molecule has 1 amide bonds. The summed E-state index contributed by atoms with van der Waals surface area (Å²) in [6.45, 7) is 3.93. The summed E-state index contributed by atoms with van der Waals surface area (Å²) in [6, 6.07) is 15.9. The summed E-state index contributed by atoms with van der Waals surface area (Å²) in [5, 5.41) is 5.51. The highest BCUT2D eigenvalue weighted by Crippen LogP contribution is 2.31. The first-order chi connectivity index (χ1) is 15.6. The summed E-state index contributed by atoms with van der Waals surface area (Å²) in [6.07, 6.45) is 3.78. The van der Waals surface area contributed by atoms with E-state index in [-0.39, 0.29) is 18.0 Å². The van der Waals surface area contributed by atoms with Crippen LogP contribution in [0.3, 0.4) is 0 Å². The maximum Gasteiger partial charge on any atom is 0.263 e. The second kappa shape index (κ2) is 8.59. The number of carbonyl (C=O) groups is 1. The molecule has 3 heterocycles. The van der Waals surface area contributed by atoms with E-state index in [0.717, 1.165) is 54.0 Å². The number of anilines is 2. The Morgan fingerprint density at radius 2 is 1.84 bits per heavy atom. The van der Waals surface area contributed by atoms with Gasteiger partial charge < -0.3 is 10.2 Å². The minimum absolute atomic E-state index is 0.0840. The van der Waals surface area contributed by atoms with Gasteiger partial charge in [-0.05, 0) is 37.5 Å². The quantitative estimate of drug-likeness (QED) is 0.486. The van der Waals surface area contributed by atoms with Crippen molar-refractivity contribution in [1.29, 1.82) is 0 Å². The van der Waals surface area contributed by atoms with Gasteiger partial charge in [0.05, 0.1) is 23.1 Å². The van der Waals surface area contributed by atoms with Crippen LogP contribution in [0, 0.1) is 6.92 Å². The molecule has 1 aliphatic rings. The smallest absolute Gasteiger partial charge is 0.263 e. The van der Waals surface area contributed by atoms with Crippen molar-refractivity contribution >= 4 is 38.8 Å². The Morgan fingerprint density at radius 3 is 2.62 bits per heavy atom. The van der Waals surface area contributed by atoms with Crippen LogP contribution in [0.4, 0.5) is 11.4 Å². The van der Waals surface area contributed by atoms with E-state index >= 15 is 0 Å². The van der Waals surface area contributed by atoms with E-state index < -0.39 is 0 Å². The minimum Gasteiger partial charge on any atom is -0.370 e. The van der Waals surface area contributed by atoms with Crippen LogP contribution in [0.25, 0.3) is 21.3 Å². The number of aromatic nitrogens is 2. The normalized spacial score (nSPS) is 13.6. The number of aryl methyl sites for hydroxylation is 1. The Kier molecular flexibility index (Phi) is 5.49. The first-order valence-corrected chi connectivity index (χ1v) is 11.7. The highest BCUT2D eigenvalue weighted by Gasteiger charge is 2.18. The molecule has 0 atom stereocenters. The number of carbonyl (C=O) groups excluding carboxylic acids is 1. The molecule has 7 heteroatoms. The minimum atomic E-state index is -0.244. The van der Waals surface area contributed by atoms with Crippen molar-refractivity contribution in [1.82, 2.24) is 9.55 Å². The molecule has 0 aliphatic carbocycles. The Morgan fingerprint density at radius 1 is 1.09 bits per heavy atom. The third-order valence-electron chi connectivity index (χ3n) is 5.86. The molecule has 2 aromatic heterocycles. The monoisotopic (exact) mass is 444 g/mol. The number of benzene rings is 2. The molecular formula is C25H24N4O2S. The van der Waals surface area contributed by atoms with E-state index in [1.807, 2.05) is 60.8 Å². The molecule has 0 bridgehead atoms. The molecular weight excluding hydrogens is 420 g/mol. The van der Waals surface area contributed by atoms with E-state index in [1.54, 1.807) is 0 Å². The number of hydrogen-bond acceptors (Lipinski definition) is 5. The van der Waals surface area contributed by atoms with E-state index in [9.17, 15) is 9.59 Å². The van der Waals surface area contributed by atoms with Crippen LogP contribution >= 0.6 is 11.3 Å². The lowest BCUT2D eigenvalue weighted by Crippen LogP contribution is -2.28. The first-order valence-electron chi connectivity index (χ1n) is 10.8. The van der Waals surface area contributed by atoms with Crippen molar-refractivity contribution in [3.63, 3.8) is 0 Å². The van der Waals surface area contributed by atoms with Gasteiger partial charge in [-0.15, -0.1) is 11.3 Å². The molecule has 0 saturated carbocycles. The average molecular weight is 445 g/mol. The van der Waals surface area contributed by atoms with Gasteiger partial charge in [0.2, 0.25) is 5.91 Å². The van der Waals surface area contributed by atoms with Crippen LogP contribution in [-0.2, 0) is 11.3 Å². The lowest BCUT2D eigenvalue weighted by molar-refractivity contribution is -0.116. The van der Waals surface area contributed by atoms with Gasteiger partial charge in [-0.2, -0.15) is 0 Å². The van der Waals surface area contributed by atoms with Gasteiger partial charge in [-0.25, -0.2) is 4.98 Å². The summed E-state index contributed by atoms with van der Waals surface area (Å²) >= 11 is 1.44. The fraction of sp³-hybridized carbons (Fsp3) is 0.240. The Balaban J connectivity index is 1.42. The summed E-state index contributed by atoms with van der Waals surface area (Å²) in [5.74, 6) is -0.244. The molecule has 6 nitrogen and oxygen atoms in total. The number of amides is 1. The van der Waals surface area contributed by atoms with Crippen molar-refractivity contribution in [2.75, 3.05) is 23.3 Å². The van der Waals surface area contributed by atoms with Crippen LogP contribution in [0.2, 0.25) is 0 Å². The number of thiophene rings is 1. The maximum atomic E-state index is 13.3. The van der Waals surface area contributed by atoms with E-state index in [2.05, 4.69) is 15.2 Å². The average Bonchev–Trinajstić information content (AvgIpc) is 3.47. The molecule has 4 aromatic rings. The van der Waals surface area contributed by atoms with Gasteiger partial charge >= 0.3 is 0 Å². The number of nitrogens with zero attached hydrogens (tertiary/aromatic N) is 3. The zero-order chi connectivity index (χ0) is 22.1. The van der Waals surface area contributed by atoms with Crippen LogP contribution in [0.5, 0.6) is 0 Å². The Hall–Kier alpha value is -3.45. The van der Waals surface area contributed by atoms with Crippen LogP contribution < -0.4 is 15.8 Å². The predicted octanol–water partition coefficient (Wildman–Crippen LogP) is 4.67. The van der Waals surface area contributed by atoms with Gasteiger partial charge in [-0.3, -0.25) is 14.2 Å². The van der Waals surface area contributed by atoms with Crippen molar-refractivity contribution < 1.29 is 4.79 Å².